The van der Waals surface area contributed by atoms with Gasteiger partial charge in [-0.25, -0.2) is 14.8 Å². The summed E-state index contributed by atoms with van der Waals surface area (Å²) in [6.45, 7) is 2.08. The Hall–Kier alpha value is -3.80. The normalized spacial score (nSPS) is 14.3. The average molecular weight is 504 g/mol. The van der Waals surface area contributed by atoms with Crippen LogP contribution in [0.5, 0.6) is 0 Å². The minimum Gasteiger partial charge on any atom is -0.385 e. The average Bonchev–Trinajstić information content (AvgIpc) is 2.89. The molecule has 3 aromatic rings. The lowest BCUT2D eigenvalue weighted by atomic mass is 10.1. The Morgan fingerprint density at radius 3 is 2.78 bits per heavy atom. The first-order chi connectivity index (χ1) is 17.4. The Morgan fingerprint density at radius 2 is 2.03 bits per heavy atom. The third-order valence-electron chi connectivity index (χ3n) is 5.36. The highest BCUT2D eigenvalue weighted by molar-refractivity contribution is 5.77. The van der Waals surface area contributed by atoms with Gasteiger partial charge in [-0.2, -0.15) is 23.3 Å². The molecule has 2 aromatic heterocycles. The zero-order valence-corrected chi connectivity index (χ0v) is 19.3. The van der Waals surface area contributed by atoms with Crippen molar-refractivity contribution in [1.82, 2.24) is 15.0 Å². The molecular weight excluding hydrogens is 478 g/mol. The van der Waals surface area contributed by atoms with Crippen LogP contribution in [-0.4, -0.2) is 47.6 Å². The first kappa shape index (κ1) is 25.3. The Labute approximate surface area is 205 Å². The number of aromatic nitrogens is 3. The second kappa shape index (κ2) is 11.8. The van der Waals surface area contributed by atoms with E-state index in [0.29, 0.717) is 37.5 Å². The van der Waals surface area contributed by atoms with Crippen molar-refractivity contribution in [3.8, 4) is 0 Å². The molecule has 1 aliphatic rings. The fourth-order valence-electron chi connectivity index (χ4n) is 3.54. The molecule has 0 spiro atoms. The number of anilines is 3. The number of hydrazone groups is 1. The van der Waals surface area contributed by atoms with Crippen LogP contribution < -0.4 is 15.6 Å². The van der Waals surface area contributed by atoms with E-state index in [9.17, 15) is 17.6 Å². The molecule has 3 heterocycles. The molecule has 190 valence electrons. The number of nitrogens with zero attached hydrogens (tertiary/aromatic N) is 5. The second-order valence-corrected chi connectivity index (χ2v) is 8.09. The second-order valence-electron chi connectivity index (χ2n) is 8.09. The van der Waals surface area contributed by atoms with E-state index in [0.717, 1.165) is 36.7 Å². The highest BCUT2D eigenvalue weighted by Gasteiger charge is 2.30. The molecule has 1 saturated heterocycles. The van der Waals surface area contributed by atoms with Crippen LogP contribution in [-0.2, 0) is 17.3 Å². The van der Waals surface area contributed by atoms with Crippen molar-refractivity contribution in [3.05, 3.63) is 71.4 Å². The summed E-state index contributed by atoms with van der Waals surface area (Å²) >= 11 is 0. The number of hydrogen-bond donors (Lipinski definition) is 2. The van der Waals surface area contributed by atoms with Crippen molar-refractivity contribution in [2.45, 2.75) is 25.4 Å². The van der Waals surface area contributed by atoms with Crippen LogP contribution in [0.25, 0.3) is 0 Å². The lowest BCUT2D eigenvalue weighted by Crippen LogP contribution is -2.34. The van der Waals surface area contributed by atoms with Gasteiger partial charge in [0.1, 0.15) is 6.73 Å². The van der Waals surface area contributed by atoms with Gasteiger partial charge in [-0.3, -0.25) is 4.98 Å². The van der Waals surface area contributed by atoms with Gasteiger partial charge in [0.15, 0.2) is 11.6 Å². The number of aryl methyl sites for hydroxylation is 1. The van der Waals surface area contributed by atoms with E-state index in [1.807, 2.05) is 6.07 Å². The maximum Gasteiger partial charge on any atom is 0.416 e. The fraction of sp³-hybridized carbons (Fsp3) is 0.333. The zero-order valence-electron chi connectivity index (χ0n) is 19.3. The molecule has 1 fully saturated rings. The van der Waals surface area contributed by atoms with E-state index in [2.05, 4.69) is 30.8 Å². The maximum atomic E-state index is 14.1. The molecule has 0 atom stereocenters. The number of nitrogens with one attached hydrogen (secondary N) is 2. The predicted molar refractivity (Wildman–Crippen MR) is 128 cm³/mol. The summed E-state index contributed by atoms with van der Waals surface area (Å²) in [5, 5.41) is 7.08. The van der Waals surface area contributed by atoms with Crippen LogP contribution in [0.4, 0.5) is 35.0 Å². The predicted octanol–water partition coefficient (Wildman–Crippen LogP) is 4.70. The largest absolute Gasteiger partial charge is 0.416 e. The number of benzene rings is 1. The number of pyridine rings is 1. The third kappa shape index (κ3) is 7.11. The molecule has 0 radical (unpaired) electrons. The van der Waals surface area contributed by atoms with Crippen LogP contribution in [0, 0.1) is 5.82 Å². The van der Waals surface area contributed by atoms with E-state index < -0.39 is 17.6 Å². The van der Waals surface area contributed by atoms with E-state index in [4.69, 9.17) is 4.74 Å². The molecule has 0 saturated carbocycles. The lowest BCUT2D eigenvalue weighted by molar-refractivity contribution is -0.137. The van der Waals surface area contributed by atoms with E-state index in [1.54, 1.807) is 23.2 Å². The van der Waals surface area contributed by atoms with Crippen LogP contribution >= 0.6 is 0 Å². The summed E-state index contributed by atoms with van der Waals surface area (Å²) in [6, 6.07) is 8.84. The first-order valence-corrected chi connectivity index (χ1v) is 11.4. The van der Waals surface area contributed by atoms with Crippen molar-refractivity contribution in [2.75, 3.05) is 42.1 Å². The quantitative estimate of drug-likeness (QED) is 0.189. The molecule has 0 unspecified atom stereocenters. The van der Waals surface area contributed by atoms with Crippen LogP contribution in [0.3, 0.4) is 0 Å². The number of rotatable bonds is 9. The summed E-state index contributed by atoms with van der Waals surface area (Å²) in [4.78, 5) is 14.1. The fourth-order valence-corrected chi connectivity index (χ4v) is 3.54. The summed E-state index contributed by atoms with van der Waals surface area (Å²) in [5.41, 5.74) is 4.02. The molecule has 4 rings (SSSR count). The topological polar surface area (TPSA) is 87.6 Å². The molecule has 0 aliphatic carbocycles. The Morgan fingerprint density at radius 1 is 1.14 bits per heavy atom. The minimum atomic E-state index is -4.36. The molecular formula is C24H25F4N7O. The molecule has 12 heteroatoms. The number of alkyl halides is 3. The van der Waals surface area contributed by atoms with Crippen molar-refractivity contribution in [2.24, 2.45) is 5.10 Å². The van der Waals surface area contributed by atoms with Crippen LogP contribution in [0.15, 0.2) is 53.9 Å². The maximum absolute atomic E-state index is 14.1. The standard InChI is InChI=1S/C24H25F4N7O/c25-21-15-31-23(33-22(21)35-10-3-11-36-16-35)34-32-14-20-8-7-17(13-30-20)4-2-9-29-19-6-1-5-18(12-19)24(26,27)28/h1,5-8,12-15,29H,2-4,9-11,16H2,(H,31,33,34)/b32-14-. The number of hydrogen-bond acceptors (Lipinski definition) is 8. The Kier molecular flexibility index (Phi) is 8.26. The van der Waals surface area contributed by atoms with Gasteiger partial charge in [0.2, 0.25) is 5.95 Å². The summed E-state index contributed by atoms with van der Waals surface area (Å²) in [6.07, 6.45) is 2.16. The lowest BCUT2D eigenvalue weighted by Gasteiger charge is -2.27. The summed E-state index contributed by atoms with van der Waals surface area (Å²) < 4.78 is 57.8. The van der Waals surface area contributed by atoms with Gasteiger partial charge in [-0.1, -0.05) is 12.1 Å². The van der Waals surface area contributed by atoms with Crippen molar-refractivity contribution in [1.29, 1.82) is 0 Å². The van der Waals surface area contributed by atoms with Crippen LogP contribution in [0.1, 0.15) is 29.7 Å². The van der Waals surface area contributed by atoms with Crippen molar-refractivity contribution >= 4 is 23.7 Å². The third-order valence-corrected chi connectivity index (χ3v) is 5.36. The SMILES string of the molecule is Fc1cnc(N/N=C\c2ccc(CCCNc3cccc(C(F)(F)F)c3)cn2)nc1N1CCCOC1. The minimum absolute atomic E-state index is 0.151. The van der Waals surface area contributed by atoms with Gasteiger partial charge in [-0.15, -0.1) is 0 Å². The zero-order chi connectivity index (χ0) is 25.4. The molecule has 36 heavy (non-hydrogen) atoms. The van der Waals surface area contributed by atoms with E-state index in [1.165, 1.54) is 12.3 Å². The van der Waals surface area contributed by atoms with Crippen molar-refractivity contribution in [3.63, 3.8) is 0 Å². The highest BCUT2D eigenvalue weighted by atomic mass is 19.4. The van der Waals surface area contributed by atoms with Gasteiger partial charge < -0.3 is 15.0 Å². The number of ether oxygens (including phenoxy) is 1. The highest BCUT2D eigenvalue weighted by Crippen LogP contribution is 2.30. The molecule has 0 amide bonds. The molecule has 2 N–H and O–H groups in total. The van der Waals surface area contributed by atoms with E-state index >= 15 is 0 Å². The van der Waals surface area contributed by atoms with Gasteiger partial charge in [0.25, 0.3) is 0 Å². The van der Waals surface area contributed by atoms with Crippen LogP contribution in [0.2, 0.25) is 0 Å². The van der Waals surface area contributed by atoms with Gasteiger partial charge in [-0.05, 0) is 49.1 Å². The molecule has 0 bridgehead atoms. The van der Waals surface area contributed by atoms with Gasteiger partial charge in [0, 0.05) is 25.0 Å². The summed E-state index contributed by atoms with van der Waals surface area (Å²) in [5.74, 6) is -0.220. The molecule has 8 nitrogen and oxygen atoms in total. The monoisotopic (exact) mass is 503 g/mol. The van der Waals surface area contributed by atoms with E-state index in [-0.39, 0.29) is 18.5 Å². The number of halogens is 4. The molecule has 1 aromatic carbocycles. The first-order valence-electron chi connectivity index (χ1n) is 11.4. The summed E-state index contributed by atoms with van der Waals surface area (Å²) in [7, 11) is 0. The van der Waals surface area contributed by atoms with Gasteiger partial charge >= 0.3 is 6.18 Å². The smallest absolute Gasteiger partial charge is 0.385 e. The Bertz CT molecular complexity index is 1170. The van der Waals surface area contributed by atoms with Gasteiger partial charge in [0.05, 0.1) is 30.3 Å². The molecule has 1 aliphatic heterocycles. The Balaban J connectivity index is 1.23. The van der Waals surface area contributed by atoms with Crippen molar-refractivity contribution < 1.29 is 22.3 Å².